The second-order valence-corrected chi connectivity index (χ2v) is 7.43. The van der Waals surface area contributed by atoms with Crippen LogP contribution in [0.1, 0.15) is 11.1 Å². The number of anilines is 2. The normalized spacial score (nSPS) is 21.2. The third kappa shape index (κ3) is 3.11. The minimum absolute atomic E-state index is 0.112. The van der Waals surface area contributed by atoms with Gasteiger partial charge in [0.1, 0.15) is 0 Å². The second kappa shape index (κ2) is 7.49. The Labute approximate surface area is 178 Å². The monoisotopic (exact) mass is 421 g/mol. The van der Waals surface area contributed by atoms with E-state index >= 15 is 0 Å². The maximum atomic E-state index is 11.8. The summed E-state index contributed by atoms with van der Waals surface area (Å²) < 4.78 is 0. The number of hydrogen-bond donors (Lipinski definition) is 2. The maximum absolute atomic E-state index is 11.8. The summed E-state index contributed by atoms with van der Waals surface area (Å²) in [7, 11) is 0. The molecule has 0 aliphatic carbocycles. The fourth-order valence-electron chi connectivity index (χ4n) is 3.60. The number of rotatable bonds is 4. The van der Waals surface area contributed by atoms with Gasteiger partial charge in [0.05, 0.1) is 4.92 Å². The Morgan fingerprint density at radius 2 is 1.57 bits per heavy atom. The van der Waals surface area contributed by atoms with E-state index in [9.17, 15) is 20.3 Å². The van der Waals surface area contributed by atoms with Crippen LogP contribution in [0.4, 0.5) is 17.1 Å². The van der Waals surface area contributed by atoms with Gasteiger partial charge in [0.15, 0.2) is 11.3 Å². The highest BCUT2D eigenvalue weighted by atomic mass is 32.1. The molecular formula is C22H19N3O4S. The van der Waals surface area contributed by atoms with Gasteiger partial charge >= 0.3 is 0 Å². The van der Waals surface area contributed by atoms with Crippen molar-refractivity contribution in [2.24, 2.45) is 0 Å². The molecule has 7 nitrogen and oxygen atoms in total. The number of aliphatic hydroxyl groups is 2. The first-order chi connectivity index (χ1) is 14.3. The van der Waals surface area contributed by atoms with Gasteiger partial charge in [-0.2, -0.15) is 0 Å². The standard InChI is InChI=1S/C22H19N3O4S/c1-15-7-11-17(12-8-15)23-20(26)22(27,16-9-13-19(14-10-16)25(28)29)24(21(23)30)18-5-3-2-4-6-18/h2-14,20,26-27H,1H3/t20-,22+/m0/s1. The van der Waals surface area contributed by atoms with E-state index in [0.717, 1.165) is 5.56 Å². The van der Waals surface area contributed by atoms with Crippen LogP contribution in [-0.2, 0) is 5.72 Å². The summed E-state index contributed by atoms with van der Waals surface area (Å²) in [6, 6.07) is 21.8. The molecule has 4 rings (SSSR count). The zero-order valence-corrected chi connectivity index (χ0v) is 16.9. The molecular weight excluding hydrogens is 402 g/mol. The first kappa shape index (κ1) is 20.0. The molecule has 2 N–H and O–H groups in total. The molecule has 2 atom stereocenters. The van der Waals surface area contributed by atoms with Crippen molar-refractivity contribution in [2.45, 2.75) is 18.9 Å². The molecule has 0 bridgehead atoms. The van der Waals surface area contributed by atoms with Crippen LogP contribution in [0.5, 0.6) is 0 Å². The summed E-state index contributed by atoms with van der Waals surface area (Å²) in [5.41, 5.74) is 0.455. The number of thiocarbonyl (C=S) groups is 1. The highest BCUT2D eigenvalue weighted by Gasteiger charge is 2.56. The Hall–Kier alpha value is -3.33. The highest BCUT2D eigenvalue weighted by molar-refractivity contribution is 7.80. The van der Waals surface area contributed by atoms with Gasteiger partial charge in [0.2, 0.25) is 5.72 Å². The predicted molar refractivity (Wildman–Crippen MR) is 118 cm³/mol. The fourth-order valence-corrected chi connectivity index (χ4v) is 4.05. The molecule has 152 valence electrons. The summed E-state index contributed by atoms with van der Waals surface area (Å²) in [4.78, 5) is 13.5. The van der Waals surface area contributed by atoms with E-state index in [4.69, 9.17) is 12.2 Å². The van der Waals surface area contributed by atoms with E-state index in [2.05, 4.69) is 0 Å². The van der Waals surface area contributed by atoms with Crippen molar-refractivity contribution >= 4 is 34.4 Å². The Balaban J connectivity index is 1.87. The minimum Gasteiger partial charge on any atom is -0.368 e. The van der Waals surface area contributed by atoms with Crippen LogP contribution in [-0.4, -0.2) is 26.5 Å². The smallest absolute Gasteiger partial charge is 0.269 e. The van der Waals surface area contributed by atoms with E-state index in [1.165, 1.54) is 34.1 Å². The zero-order valence-electron chi connectivity index (χ0n) is 16.0. The molecule has 30 heavy (non-hydrogen) atoms. The lowest BCUT2D eigenvalue weighted by Crippen LogP contribution is -2.49. The molecule has 1 aliphatic rings. The summed E-state index contributed by atoms with van der Waals surface area (Å²) >= 11 is 5.68. The lowest BCUT2D eigenvalue weighted by atomic mass is 9.99. The molecule has 0 spiro atoms. The van der Waals surface area contributed by atoms with Crippen LogP contribution in [0.2, 0.25) is 0 Å². The van der Waals surface area contributed by atoms with E-state index in [1.807, 2.05) is 37.3 Å². The Kier molecular flexibility index (Phi) is 4.98. The number of aliphatic hydroxyl groups excluding tert-OH is 1. The molecule has 0 unspecified atom stereocenters. The molecule has 0 amide bonds. The van der Waals surface area contributed by atoms with Gasteiger partial charge in [-0.25, -0.2) is 0 Å². The molecule has 1 heterocycles. The number of non-ortho nitro benzene ring substituents is 1. The lowest BCUT2D eigenvalue weighted by Gasteiger charge is -2.35. The quantitative estimate of drug-likeness (QED) is 0.377. The summed E-state index contributed by atoms with van der Waals surface area (Å²) in [6.45, 7) is 1.95. The number of hydrogen-bond acceptors (Lipinski definition) is 5. The van der Waals surface area contributed by atoms with Crippen LogP contribution in [0.25, 0.3) is 0 Å². The lowest BCUT2D eigenvalue weighted by molar-refractivity contribution is -0.384. The zero-order chi connectivity index (χ0) is 21.5. The van der Waals surface area contributed by atoms with E-state index in [-0.39, 0.29) is 16.4 Å². The number of para-hydroxylation sites is 1. The SMILES string of the molecule is Cc1ccc(N2C(=S)N(c3ccccc3)[C@@](O)(c3ccc([N+](=O)[O-])cc3)[C@@H]2O)cc1. The minimum atomic E-state index is -1.96. The Morgan fingerprint density at radius 1 is 0.967 bits per heavy atom. The highest BCUT2D eigenvalue weighted by Crippen LogP contribution is 2.43. The molecule has 3 aromatic carbocycles. The molecule has 0 radical (unpaired) electrons. The number of benzene rings is 3. The third-order valence-corrected chi connectivity index (χ3v) is 5.55. The van der Waals surface area contributed by atoms with Crippen molar-refractivity contribution in [3.8, 4) is 0 Å². The Bertz CT molecular complexity index is 1090. The number of nitro benzene ring substituents is 1. The van der Waals surface area contributed by atoms with Crippen LogP contribution >= 0.6 is 12.2 Å². The van der Waals surface area contributed by atoms with E-state index < -0.39 is 16.9 Å². The van der Waals surface area contributed by atoms with Gasteiger partial charge in [-0.1, -0.05) is 35.9 Å². The maximum Gasteiger partial charge on any atom is 0.269 e. The van der Waals surface area contributed by atoms with Crippen molar-refractivity contribution in [2.75, 3.05) is 9.80 Å². The van der Waals surface area contributed by atoms with Crippen LogP contribution in [0.3, 0.4) is 0 Å². The predicted octanol–water partition coefficient (Wildman–Crippen LogP) is 3.68. The van der Waals surface area contributed by atoms with Gasteiger partial charge in [-0.05, 0) is 55.5 Å². The summed E-state index contributed by atoms with van der Waals surface area (Å²) in [5.74, 6) is 0. The molecule has 1 aliphatic heterocycles. The molecule has 8 heteroatoms. The summed E-state index contributed by atoms with van der Waals surface area (Å²) in [6.07, 6.45) is -1.45. The first-order valence-corrected chi connectivity index (χ1v) is 9.65. The molecule has 1 fully saturated rings. The topological polar surface area (TPSA) is 90.1 Å². The Morgan fingerprint density at radius 3 is 2.13 bits per heavy atom. The van der Waals surface area contributed by atoms with E-state index in [0.29, 0.717) is 11.4 Å². The van der Waals surface area contributed by atoms with Crippen molar-refractivity contribution < 1.29 is 15.1 Å². The third-order valence-electron chi connectivity index (χ3n) is 5.17. The number of nitrogens with zero attached hydrogens (tertiary/aromatic N) is 3. The van der Waals surface area contributed by atoms with E-state index in [1.54, 1.807) is 24.3 Å². The largest absolute Gasteiger partial charge is 0.368 e. The van der Waals surface area contributed by atoms with Crippen LogP contribution in [0.15, 0.2) is 78.9 Å². The van der Waals surface area contributed by atoms with Crippen molar-refractivity contribution in [3.05, 3.63) is 100 Å². The molecule has 3 aromatic rings. The fraction of sp³-hybridized carbons (Fsp3) is 0.136. The molecule has 0 aromatic heterocycles. The van der Waals surface area contributed by atoms with Crippen LogP contribution in [0, 0.1) is 17.0 Å². The number of aryl methyl sites for hydroxylation is 1. The first-order valence-electron chi connectivity index (χ1n) is 9.24. The van der Waals surface area contributed by atoms with Gasteiger partial charge in [0.25, 0.3) is 5.69 Å². The average molecular weight is 421 g/mol. The second-order valence-electron chi connectivity index (χ2n) is 7.06. The average Bonchev–Trinajstić information content (AvgIpc) is 2.96. The molecule has 1 saturated heterocycles. The summed E-state index contributed by atoms with van der Waals surface area (Å²) in [5, 5.41) is 34.3. The van der Waals surface area contributed by atoms with Crippen LogP contribution < -0.4 is 9.80 Å². The molecule has 0 saturated carbocycles. The van der Waals surface area contributed by atoms with Gasteiger partial charge in [0, 0.05) is 29.1 Å². The number of nitro groups is 1. The van der Waals surface area contributed by atoms with Gasteiger partial charge in [-0.3, -0.25) is 19.9 Å². The van der Waals surface area contributed by atoms with Gasteiger partial charge in [-0.15, -0.1) is 0 Å². The van der Waals surface area contributed by atoms with Crippen molar-refractivity contribution in [1.29, 1.82) is 0 Å². The van der Waals surface area contributed by atoms with Crippen molar-refractivity contribution in [1.82, 2.24) is 0 Å². The van der Waals surface area contributed by atoms with Crippen molar-refractivity contribution in [3.63, 3.8) is 0 Å². The van der Waals surface area contributed by atoms with Gasteiger partial charge < -0.3 is 10.2 Å².